The van der Waals surface area contributed by atoms with Gasteiger partial charge >= 0.3 is 0 Å². The first kappa shape index (κ1) is 14.1. The van der Waals surface area contributed by atoms with E-state index >= 15 is 0 Å². The van der Waals surface area contributed by atoms with Gasteiger partial charge in [0, 0.05) is 19.1 Å². The number of likely N-dealkylation sites (N-methyl/N-ethyl adjacent to an activating group) is 1. The zero-order valence-electron chi connectivity index (χ0n) is 11.1. The molecule has 1 aliphatic carbocycles. The molecule has 0 aliphatic heterocycles. The van der Waals surface area contributed by atoms with Crippen LogP contribution in [0.3, 0.4) is 0 Å². The van der Waals surface area contributed by atoms with Gasteiger partial charge in [0.15, 0.2) is 0 Å². The van der Waals surface area contributed by atoms with Crippen molar-refractivity contribution in [1.29, 1.82) is 0 Å². The van der Waals surface area contributed by atoms with Crippen LogP contribution in [0.4, 0.5) is 0 Å². The van der Waals surface area contributed by atoms with Crippen LogP contribution in [0.2, 0.25) is 0 Å². The fraction of sp³-hybridized carbons (Fsp3) is 1.00. The van der Waals surface area contributed by atoms with E-state index in [1.54, 1.807) is 0 Å². The van der Waals surface area contributed by atoms with Crippen LogP contribution in [0.1, 0.15) is 32.1 Å². The third-order valence-corrected chi connectivity index (χ3v) is 5.44. The van der Waals surface area contributed by atoms with Crippen LogP contribution in [0.15, 0.2) is 0 Å². The Morgan fingerprint density at radius 3 is 2.31 bits per heavy atom. The molecule has 96 valence electrons. The van der Waals surface area contributed by atoms with Gasteiger partial charge in [-0.05, 0) is 34.0 Å². The molecule has 4 nitrogen and oxygen atoms in total. The molecule has 0 aromatic carbocycles. The molecule has 1 fully saturated rings. The SMILES string of the molecule is CN[SiH](NC)NCCN(C)C1CCCCC1. The number of rotatable bonds is 7. The van der Waals surface area contributed by atoms with Crippen LogP contribution in [0.25, 0.3) is 0 Å². The molecule has 0 saturated heterocycles. The van der Waals surface area contributed by atoms with Crippen LogP contribution < -0.4 is 14.9 Å². The third kappa shape index (κ3) is 4.93. The van der Waals surface area contributed by atoms with Gasteiger partial charge in [0.05, 0.1) is 0 Å². The number of hydrogen-bond donors (Lipinski definition) is 3. The van der Waals surface area contributed by atoms with Crippen LogP contribution in [0, 0.1) is 0 Å². The molecule has 1 aliphatic rings. The Hall–Kier alpha value is 0.0569. The Morgan fingerprint density at radius 1 is 1.12 bits per heavy atom. The van der Waals surface area contributed by atoms with E-state index in [1.165, 1.54) is 32.1 Å². The average Bonchev–Trinajstić information content (AvgIpc) is 2.35. The van der Waals surface area contributed by atoms with Crippen molar-refractivity contribution in [2.75, 3.05) is 34.2 Å². The minimum atomic E-state index is -1.07. The summed E-state index contributed by atoms with van der Waals surface area (Å²) in [5, 5.41) is 0. The van der Waals surface area contributed by atoms with Crippen molar-refractivity contribution in [2.45, 2.75) is 38.1 Å². The van der Waals surface area contributed by atoms with E-state index in [4.69, 9.17) is 0 Å². The first-order valence-electron chi connectivity index (χ1n) is 6.56. The monoisotopic (exact) mass is 244 g/mol. The fourth-order valence-electron chi connectivity index (χ4n) is 2.44. The van der Waals surface area contributed by atoms with Crippen molar-refractivity contribution in [1.82, 2.24) is 19.8 Å². The van der Waals surface area contributed by atoms with E-state index in [0.29, 0.717) is 0 Å². The first-order chi connectivity index (χ1) is 7.77. The summed E-state index contributed by atoms with van der Waals surface area (Å²) in [5.41, 5.74) is 0. The average molecular weight is 244 g/mol. The van der Waals surface area contributed by atoms with Crippen molar-refractivity contribution in [3.63, 3.8) is 0 Å². The van der Waals surface area contributed by atoms with Crippen LogP contribution in [0.5, 0.6) is 0 Å². The molecular formula is C11H28N4Si. The zero-order valence-corrected chi connectivity index (χ0v) is 12.2. The summed E-state index contributed by atoms with van der Waals surface area (Å²) in [7, 11) is 5.24. The lowest BCUT2D eigenvalue weighted by molar-refractivity contribution is 0.194. The molecule has 3 N–H and O–H groups in total. The second kappa shape index (κ2) is 8.19. The van der Waals surface area contributed by atoms with Gasteiger partial charge in [-0.25, -0.2) is 0 Å². The Bertz CT molecular complexity index is 169. The summed E-state index contributed by atoms with van der Waals surface area (Å²) in [6.45, 7) is 2.25. The summed E-state index contributed by atoms with van der Waals surface area (Å²) < 4.78 is 0. The number of nitrogens with zero attached hydrogens (tertiary/aromatic N) is 1. The highest BCUT2D eigenvalue weighted by Crippen LogP contribution is 2.20. The molecule has 0 spiro atoms. The molecular weight excluding hydrogens is 216 g/mol. The smallest absolute Gasteiger partial charge is 0.264 e. The van der Waals surface area contributed by atoms with Gasteiger partial charge in [-0.1, -0.05) is 19.3 Å². The van der Waals surface area contributed by atoms with E-state index in [2.05, 4.69) is 26.9 Å². The third-order valence-electron chi connectivity index (χ3n) is 3.59. The second-order valence-corrected chi connectivity index (χ2v) is 7.17. The largest absolute Gasteiger partial charge is 0.319 e. The molecule has 1 saturated carbocycles. The van der Waals surface area contributed by atoms with Crippen molar-refractivity contribution < 1.29 is 0 Å². The molecule has 0 atom stereocenters. The fourth-order valence-corrected chi connectivity index (χ4v) is 3.55. The topological polar surface area (TPSA) is 39.3 Å². The molecule has 0 amide bonds. The Morgan fingerprint density at radius 2 is 1.75 bits per heavy atom. The van der Waals surface area contributed by atoms with Crippen LogP contribution in [-0.4, -0.2) is 54.5 Å². The number of nitrogens with one attached hydrogen (secondary N) is 3. The predicted molar refractivity (Wildman–Crippen MR) is 72.8 cm³/mol. The molecule has 0 unspecified atom stereocenters. The molecule has 1 rings (SSSR count). The summed E-state index contributed by atoms with van der Waals surface area (Å²) in [6, 6.07) is 0.833. The van der Waals surface area contributed by atoms with Gasteiger partial charge in [0.2, 0.25) is 0 Å². The van der Waals surface area contributed by atoms with Gasteiger partial charge in [-0.15, -0.1) is 0 Å². The minimum Gasteiger partial charge on any atom is -0.319 e. The van der Waals surface area contributed by atoms with E-state index < -0.39 is 9.28 Å². The highest BCUT2D eigenvalue weighted by atomic mass is 28.3. The summed E-state index contributed by atoms with van der Waals surface area (Å²) in [4.78, 5) is 12.7. The Labute approximate surface area is 102 Å². The molecule has 0 radical (unpaired) electrons. The lowest BCUT2D eigenvalue weighted by atomic mass is 9.94. The van der Waals surface area contributed by atoms with E-state index in [0.717, 1.165) is 19.1 Å². The van der Waals surface area contributed by atoms with Crippen molar-refractivity contribution >= 4 is 9.28 Å². The first-order valence-corrected chi connectivity index (χ1v) is 8.29. The summed E-state index contributed by atoms with van der Waals surface area (Å²) in [5.74, 6) is 0. The maximum Gasteiger partial charge on any atom is 0.264 e. The normalized spacial score (nSPS) is 18.6. The van der Waals surface area contributed by atoms with E-state index in [-0.39, 0.29) is 0 Å². The standard InChI is InChI=1S/C11H28N4Si/c1-12-16(13-2)14-9-10-15(3)11-7-5-4-6-8-11/h11-14,16H,4-10H2,1-3H3. The van der Waals surface area contributed by atoms with Crippen molar-refractivity contribution in [3.05, 3.63) is 0 Å². The van der Waals surface area contributed by atoms with Crippen LogP contribution >= 0.6 is 0 Å². The summed E-state index contributed by atoms with van der Waals surface area (Å²) in [6.07, 6.45) is 7.08. The molecule has 16 heavy (non-hydrogen) atoms. The zero-order chi connectivity index (χ0) is 11.8. The van der Waals surface area contributed by atoms with Crippen molar-refractivity contribution in [2.24, 2.45) is 0 Å². The predicted octanol–water partition coefficient (Wildman–Crippen LogP) is -0.00350. The maximum absolute atomic E-state index is 3.56. The lowest BCUT2D eigenvalue weighted by Gasteiger charge is -2.31. The van der Waals surface area contributed by atoms with Crippen LogP contribution in [-0.2, 0) is 0 Å². The second-order valence-electron chi connectivity index (χ2n) is 4.74. The highest BCUT2D eigenvalue weighted by Gasteiger charge is 2.17. The van der Waals surface area contributed by atoms with Gasteiger partial charge in [-0.3, -0.25) is 0 Å². The summed E-state index contributed by atoms with van der Waals surface area (Å²) >= 11 is 0. The molecule has 0 aromatic rings. The van der Waals surface area contributed by atoms with Gasteiger partial charge < -0.3 is 19.8 Å². The quantitative estimate of drug-likeness (QED) is 0.551. The van der Waals surface area contributed by atoms with Gasteiger partial charge in [0.25, 0.3) is 9.28 Å². The molecule has 0 bridgehead atoms. The number of hydrogen-bond acceptors (Lipinski definition) is 4. The Balaban J connectivity index is 2.11. The molecule has 0 aromatic heterocycles. The molecule has 5 heteroatoms. The Kier molecular flexibility index (Phi) is 7.23. The minimum absolute atomic E-state index is 0.833. The lowest BCUT2D eigenvalue weighted by Crippen LogP contribution is -2.57. The highest BCUT2D eigenvalue weighted by molar-refractivity contribution is 6.50. The van der Waals surface area contributed by atoms with Gasteiger partial charge in [-0.2, -0.15) is 0 Å². The van der Waals surface area contributed by atoms with Crippen molar-refractivity contribution in [3.8, 4) is 0 Å². The maximum atomic E-state index is 3.56. The molecule has 0 heterocycles. The van der Waals surface area contributed by atoms with Gasteiger partial charge in [0.1, 0.15) is 0 Å². The van der Waals surface area contributed by atoms with E-state index in [1.807, 2.05) is 14.1 Å². The van der Waals surface area contributed by atoms with E-state index in [9.17, 15) is 0 Å².